The Kier molecular flexibility index (Phi) is 3.32. The van der Waals surface area contributed by atoms with Crippen LogP contribution < -0.4 is 17.0 Å². The Morgan fingerprint density at radius 1 is 1.37 bits per heavy atom. The second kappa shape index (κ2) is 4.65. The molecule has 0 fully saturated rings. The fraction of sp³-hybridized carbons (Fsp3) is 0.583. The lowest BCUT2D eigenvalue weighted by Crippen LogP contribution is -2.32. The molecule has 0 radical (unpaired) electrons. The maximum absolute atomic E-state index is 12.0. The van der Waals surface area contributed by atoms with E-state index in [9.17, 15) is 9.59 Å². The van der Waals surface area contributed by atoms with Crippen LogP contribution in [-0.2, 0) is 7.05 Å². The van der Waals surface area contributed by atoms with Crippen LogP contribution in [0.25, 0.3) is 11.2 Å². The predicted octanol–water partition coefficient (Wildman–Crippen LogP) is 0.414. The summed E-state index contributed by atoms with van der Waals surface area (Å²) < 4.78 is 3.17. The molecule has 0 saturated heterocycles. The maximum atomic E-state index is 12.0. The van der Waals surface area contributed by atoms with E-state index in [1.807, 2.05) is 13.8 Å². The molecule has 2 unspecified atom stereocenters. The molecule has 3 N–H and O–H groups in total. The van der Waals surface area contributed by atoms with Gasteiger partial charge in [-0.3, -0.25) is 14.3 Å². The highest BCUT2D eigenvalue weighted by Gasteiger charge is 2.20. The zero-order chi connectivity index (χ0) is 14.3. The van der Waals surface area contributed by atoms with E-state index in [0.717, 1.165) is 6.42 Å². The number of fused-ring (bicyclic) bond motifs is 1. The van der Waals surface area contributed by atoms with Crippen molar-refractivity contribution in [3.8, 4) is 0 Å². The molecule has 0 bridgehead atoms. The van der Waals surface area contributed by atoms with Gasteiger partial charge in [-0.2, -0.15) is 0 Å². The molecule has 7 heteroatoms. The van der Waals surface area contributed by atoms with Crippen LogP contribution >= 0.6 is 0 Å². The van der Waals surface area contributed by atoms with Crippen LogP contribution in [0.1, 0.15) is 45.1 Å². The lowest BCUT2D eigenvalue weighted by atomic mass is 10.2. The number of imidazole rings is 1. The second-order valence-electron chi connectivity index (χ2n) is 4.88. The average molecular weight is 265 g/mol. The number of nitrogens with one attached hydrogen (secondary N) is 1. The van der Waals surface area contributed by atoms with Crippen LogP contribution in [0.2, 0.25) is 0 Å². The van der Waals surface area contributed by atoms with E-state index in [1.54, 1.807) is 18.5 Å². The minimum absolute atomic E-state index is 0.0392. The minimum atomic E-state index is -0.429. The molecule has 2 aromatic heterocycles. The molecule has 0 spiro atoms. The summed E-state index contributed by atoms with van der Waals surface area (Å²) in [7, 11) is 1.73. The van der Waals surface area contributed by atoms with Crippen LogP contribution in [0, 0.1) is 0 Å². The Labute approximate surface area is 110 Å². The van der Waals surface area contributed by atoms with Crippen molar-refractivity contribution in [2.24, 2.45) is 12.8 Å². The summed E-state index contributed by atoms with van der Waals surface area (Å²) in [4.78, 5) is 30.6. The van der Waals surface area contributed by atoms with Gasteiger partial charge in [0.25, 0.3) is 5.56 Å². The molecule has 2 aromatic rings. The fourth-order valence-corrected chi connectivity index (χ4v) is 2.23. The number of H-pyrrole nitrogens is 1. The highest BCUT2D eigenvalue weighted by molar-refractivity contribution is 5.71. The van der Waals surface area contributed by atoms with Gasteiger partial charge in [-0.15, -0.1) is 0 Å². The first-order chi connectivity index (χ1) is 8.88. The van der Waals surface area contributed by atoms with Gasteiger partial charge in [-0.25, -0.2) is 9.78 Å². The van der Waals surface area contributed by atoms with Gasteiger partial charge < -0.3 is 10.3 Å². The maximum Gasteiger partial charge on any atom is 0.330 e. The number of aromatic amines is 1. The van der Waals surface area contributed by atoms with Gasteiger partial charge in [0.2, 0.25) is 0 Å². The number of hydrogen-bond acceptors (Lipinski definition) is 4. The first kappa shape index (κ1) is 13.5. The zero-order valence-electron chi connectivity index (χ0n) is 11.6. The highest BCUT2D eigenvalue weighted by atomic mass is 16.2. The van der Waals surface area contributed by atoms with Crippen molar-refractivity contribution >= 4 is 11.2 Å². The number of hydrogen-bond donors (Lipinski definition) is 2. The molecule has 0 aromatic carbocycles. The molecule has 0 aliphatic carbocycles. The summed E-state index contributed by atoms with van der Waals surface area (Å²) >= 11 is 0. The standard InChI is InChI=1S/C12H19N5O2/c1-5-6(2)17-10-8(11(18)15-12(17)19)16(4)9(14-10)7(3)13/h6-7H,5,13H2,1-4H3,(H,15,18,19). The van der Waals surface area contributed by atoms with E-state index >= 15 is 0 Å². The van der Waals surface area contributed by atoms with Gasteiger partial charge >= 0.3 is 5.69 Å². The van der Waals surface area contributed by atoms with Crippen LogP contribution in [0.5, 0.6) is 0 Å². The first-order valence-electron chi connectivity index (χ1n) is 6.35. The lowest BCUT2D eigenvalue weighted by Gasteiger charge is -2.12. The van der Waals surface area contributed by atoms with Crippen LogP contribution in [0.4, 0.5) is 0 Å². The van der Waals surface area contributed by atoms with Crippen molar-refractivity contribution in [2.75, 3.05) is 0 Å². The molecule has 19 heavy (non-hydrogen) atoms. The van der Waals surface area contributed by atoms with Crippen molar-refractivity contribution in [1.82, 2.24) is 19.1 Å². The number of aromatic nitrogens is 4. The summed E-state index contributed by atoms with van der Waals surface area (Å²) in [5.41, 5.74) is 5.77. The summed E-state index contributed by atoms with van der Waals surface area (Å²) in [5, 5.41) is 0. The molecular formula is C12H19N5O2. The number of nitrogens with two attached hydrogens (primary N) is 1. The Bertz CT molecular complexity index is 722. The molecule has 0 saturated carbocycles. The van der Waals surface area contributed by atoms with Gasteiger partial charge in [0.15, 0.2) is 11.2 Å². The second-order valence-corrected chi connectivity index (χ2v) is 4.88. The lowest BCUT2D eigenvalue weighted by molar-refractivity contribution is 0.517. The third-order valence-electron chi connectivity index (χ3n) is 3.43. The van der Waals surface area contributed by atoms with Crippen molar-refractivity contribution < 1.29 is 0 Å². The molecule has 104 valence electrons. The normalized spacial score (nSPS) is 14.8. The monoisotopic (exact) mass is 265 g/mol. The van der Waals surface area contributed by atoms with Gasteiger partial charge in [0.1, 0.15) is 5.82 Å². The average Bonchev–Trinajstić information content (AvgIpc) is 2.67. The highest BCUT2D eigenvalue weighted by Crippen LogP contribution is 2.17. The third-order valence-corrected chi connectivity index (χ3v) is 3.43. The molecule has 7 nitrogen and oxygen atoms in total. The van der Waals surface area contributed by atoms with E-state index in [2.05, 4.69) is 9.97 Å². The van der Waals surface area contributed by atoms with E-state index < -0.39 is 11.2 Å². The van der Waals surface area contributed by atoms with Gasteiger partial charge in [-0.1, -0.05) is 6.92 Å². The smallest absolute Gasteiger partial charge is 0.324 e. The van der Waals surface area contributed by atoms with Crippen molar-refractivity contribution in [3.05, 3.63) is 26.7 Å². The SMILES string of the molecule is CCC(C)n1c(=O)[nH]c(=O)c2c1nc(C(C)N)n2C. The van der Waals surface area contributed by atoms with Gasteiger partial charge in [0, 0.05) is 13.1 Å². The van der Waals surface area contributed by atoms with Gasteiger partial charge in [-0.05, 0) is 20.3 Å². The fourth-order valence-electron chi connectivity index (χ4n) is 2.23. The minimum Gasteiger partial charge on any atom is -0.324 e. The van der Waals surface area contributed by atoms with Crippen LogP contribution in [0.3, 0.4) is 0 Å². The molecule has 0 aliphatic rings. The molecule has 0 aliphatic heterocycles. The summed E-state index contributed by atoms with van der Waals surface area (Å²) in [6, 6.07) is -0.347. The molecule has 0 amide bonds. The molecule has 2 heterocycles. The van der Waals surface area contributed by atoms with Crippen LogP contribution in [0.15, 0.2) is 9.59 Å². The van der Waals surface area contributed by atoms with Crippen molar-refractivity contribution in [1.29, 1.82) is 0 Å². The summed E-state index contributed by atoms with van der Waals surface area (Å²) in [5.74, 6) is 0.586. The Morgan fingerprint density at radius 3 is 2.53 bits per heavy atom. The zero-order valence-corrected chi connectivity index (χ0v) is 11.6. The number of aryl methyl sites for hydroxylation is 1. The van der Waals surface area contributed by atoms with E-state index in [4.69, 9.17) is 5.73 Å². The Morgan fingerprint density at radius 2 is 2.00 bits per heavy atom. The summed E-state index contributed by atoms with van der Waals surface area (Å²) in [6.45, 7) is 5.68. The van der Waals surface area contributed by atoms with Gasteiger partial charge in [0.05, 0.1) is 6.04 Å². The van der Waals surface area contributed by atoms with E-state index in [1.165, 1.54) is 4.57 Å². The van der Waals surface area contributed by atoms with E-state index in [-0.39, 0.29) is 12.1 Å². The molecule has 2 rings (SSSR count). The molecule has 2 atom stereocenters. The quantitative estimate of drug-likeness (QED) is 0.839. The van der Waals surface area contributed by atoms with E-state index in [0.29, 0.717) is 17.0 Å². The Balaban J connectivity index is 2.95. The molecular weight excluding hydrogens is 246 g/mol. The van der Waals surface area contributed by atoms with Crippen molar-refractivity contribution in [2.45, 2.75) is 39.3 Å². The third kappa shape index (κ3) is 1.99. The summed E-state index contributed by atoms with van der Waals surface area (Å²) in [6.07, 6.45) is 0.769. The predicted molar refractivity (Wildman–Crippen MR) is 73.2 cm³/mol. The van der Waals surface area contributed by atoms with Crippen LogP contribution in [-0.4, -0.2) is 19.1 Å². The Hall–Kier alpha value is -1.89. The number of rotatable bonds is 3. The topological polar surface area (TPSA) is 98.7 Å². The number of nitrogens with zero attached hydrogens (tertiary/aromatic N) is 3. The van der Waals surface area contributed by atoms with Crippen molar-refractivity contribution in [3.63, 3.8) is 0 Å². The largest absolute Gasteiger partial charge is 0.330 e. The first-order valence-corrected chi connectivity index (χ1v) is 6.35.